The maximum atomic E-state index is 5.27. The number of nitrogens with zero attached hydrogens (tertiary/aromatic N) is 2. The molecule has 0 amide bonds. The van der Waals surface area contributed by atoms with Gasteiger partial charge in [0.15, 0.2) is 0 Å². The molecule has 2 atom stereocenters. The van der Waals surface area contributed by atoms with Crippen LogP contribution in [0.15, 0.2) is 42.9 Å². The van der Waals surface area contributed by atoms with Crippen LogP contribution in [0.25, 0.3) is 0 Å². The summed E-state index contributed by atoms with van der Waals surface area (Å²) in [5.74, 6) is 1.15. The molecule has 1 fully saturated rings. The van der Waals surface area contributed by atoms with Crippen LogP contribution in [0.5, 0.6) is 5.88 Å². The third kappa shape index (κ3) is 3.41. The molecule has 2 aromatic rings. The SMILES string of the molecule is COc1ncccc1CNCC1CNNC1c1cccnc1. The molecule has 0 aromatic carbocycles. The van der Waals surface area contributed by atoms with E-state index in [-0.39, 0.29) is 6.04 Å². The van der Waals surface area contributed by atoms with Gasteiger partial charge in [-0.2, -0.15) is 0 Å². The van der Waals surface area contributed by atoms with Crippen LogP contribution in [0.3, 0.4) is 0 Å². The molecular weight excluding hydrogens is 278 g/mol. The summed E-state index contributed by atoms with van der Waals surface area (Å²) in [6.45, 7) is 2.57. The largest absolute Gasteiger partial charge is 0.481 e. The molecule has 0 saturated carbocycles. The Bertz CT molecular complexity index is 592. The van der Waals surface area contributed by atoms with Gasteiger partial charge in [0.25, 0.3) is 0 Å². The summed E-state index contributed by atoms with van der Waals surface area (Å²) < 4.78 is 5.27. The first-order chi connectivity index (χ1) is 10.9. The maximum absolute atomic E-state index is 5.27. The van der Waals surface area contributed by atoms with Gasteiger partial charge in [-0.1, -0.05) is 12.1 Å². The van der Waals surface area contributed by atoms with E-state index in [9.17, 15) is 0 Å². The van der Waals surface area contributed by atoms with Crippen molar-refractivity contribution in [3.8, 4) is 5.88 Å². The summed E-state index contributed by atoms with van der Waals surface area (Å²) in [4.78, 5) is 8.42. The van der Waals surface area contributed by atoms with Crippen LogP contribution in [0.2, 0.25) is 0 Å². The summed E-state index contributed by atoms with van der Waals surface area (Å²) in [5, 5.41) is 3.50. The number of hydrogen-bond acceptors (Lipinski definition) is 6. The molecule has 0 aliphatic carbocycles. The number of aromatic nitrogens is 2. The first-order valence-corrected chi connectivity index (χ1v) is 7.45. The van der Waals surface area contributed by atoms with Crippen molar-refractivity contribution in [2.75, 3.05) is 20.2 Å². The number of hydrogen-bond donors (Lipinski definition) is 3. The predicted octanol–water partition coefficient (Wildman–Crippen LogP) is 1.04. The van der Waals surface area contributed by atoms with Crippen LogP contribution >= 0.6 is 0 Å². The minimum absolute atomic E-state index is 0.275. The third-order valence-corrected chi connectivity index (χ3v) is 3.90. The summed E-state index contributed by atoms with van der Waals surface area (Å²) in [5.41, 5.74) is 8.84. The van der Waals surface area contributed by atoms with E-state index in [1.807, 2.05) is 24.4 Å². The Hall–Kier alpha value is -2.02. The van der Waals surface area contributed by atoms with E-state index in [2.05, 4.69) is 32.2 Å². The molecule has 2 aromatic heterocycles. The predicted molar refractivity (Wildman–Crippen MR) is 84.1 cm³/mol. The number of hydrazine groups is 1. The van der Waals surface area contributed by atoms with E-state index in [1.54, 1.807) is 19.5 Å². The first kappa shape index (κ1) is 14.9. The van der Waals surface area contributed by atoms with Gasteiger partial charge in [0.1, 0.15) is 0 Å². The normalized spacial score (nSPS) is 21.0. The molecule has 0 bridgehead atoms. The van der Waals surface area contributed by atoms with Crippen LogP contribution in [0.1, 0.15) is 17.2 Å². The van der Waals surface area contributed by atoms with Crippen LogP contribution in [0.4, 0.5) is 0 Å². The zero-order chi connectivity index (χ0) is 15.2. The highest BCUT2D eigenvalue weighted by atomic mass is 16.5. The molecule has 3 heterocycles. The highest BCUT2D eigenvalue weighted by Crippen LogP contribution is 2.23. The van der Waals surface area contributed by atoms with Crippen molar-refractivity contribution >= 4 is 0 Å². The van der Waals surface area contributed by atoms with Gasteiger partial charge in [-0.05, 0) is 17.7 Å². The molecule has 2 unspecified atom stereocenters. The lowest BCUT2D eigenvalue weighted by Gasteiger charge is -2.19. The van der Waals surface area contributed by atoms with E-state index in [0.717, 1.165) is 25.2 Å². The van der Waals surface area contributed by atoms with Crippen molar-refractivity contribution in [2.45, 2.75) is 12.6 Å². The lowest BCUT2D eigenvalue weighted by Crippen LogP contribution is -2.28. The van der Waals surface area contributed by atoms with Crippen molar-refractivity contribution in [1.29, 1.82) is 0 Å². The topological polar surface area (TPSA) is 71.1 Å². The molecular formula is C16H21N5O. The second-order valence-electron chi connectivity index (χ2n) is 5.35. The molecule has 3 rings (SSSR count). The zero-order valence-electron chi connectivity index (χ0n) is 12.6. The van der Waals surface area contributed by atoms with Crippen LogP contribution < -0.4 is 20.9 Å². The highest BCUT2D eigenvalue weighted by Gasteiger charge is 2.27. The van der Waals surface area contributed by atoms with Gasteiger partial charge in [0, 0.05) is 49.7 Å². The zero-order valence-corrected chi connectivity index (χ0v) is 12.6. The van der Waals surface area contributed by atoms with E-state index in [0.29, 0.717) is 11.8 Å². The molecule has 6 heteroatoms. The summed E-state index contributed by atoms with van der Waals surface area (Å²) in [6, 6.07) is 8.31. The fourth-order valence-corrected chi connectivity index (χ4v) is 2.78. The Morgan fingerprint density at radius 1 is 1.32 bits per heavy atom. The van der Waals surface area contributed by atoms with Gasteiger partial charge < -0.3 is 10.1 Å². The lowest BCUT2D eigenvalue weighted by atomic mass is 9.96. The van der Waals surface area contributed by atoms with Gasteiger partial charge >= 0.3 is 0 Å². The fourth-order valence-electron chi connectivity index (χ4n) is 2.78. The Kier molecular flexibility index (Phi) is 4.95. The van der Waals surface area contributed by atoms with Crippen molar-refractivity contribution in [3.05, 3.63) is 54.0 Å². The van der Waals surface area contributed by atoms with Crippen LogP contribution in [-0.2, 0) is 6.54 Å². The minimum Gasteiger partial charge on any atom is -0.481 e. The van der Waals surface area contributed by atoms with Crippen molar-refractivity contribution in [1.82, 2.24) is 26.1 Å². The summed E-state index contributed by atoms with van der Waals surface area (Å²) in [7, 11) is 1.65. The van der Waals surface area contributed by atoms with E-state index >= 15 is 0 Å². The third-order valence-electron chi connectivity index (χ3n) is 3.90. The molecule has 6 nitrogen and oxygen atoms in total. The quantitative estimate of drug-likeness (QED) is 0.740. The number of methoxy groups -OCH3 is 1. The maximum Gasteiger partial charge on any atom is 0.217 e. The Morgan fingerprint density at radius 2 is 2.23 bits per heavy atom. The molecule has 0 radical (unpaired) electrons. The van der Waals surface area contributed by atoms with Crippen LogP contribution in [-0.4, -0.2) is 30.2 Å². The van der Waals surface area contributed by atoms with E-state index < -0.39 is 0 Å². The first-order valence-electron chi connectivity index (χ1n) is 7.45. The highest BCUT2D eigenvalue weighted by molar-refractivity contribution is 5.25. The Labute approximate surface area is 130 Å². The molecule has 1 saturated heterocycles. The van der Waals surface area contributed by atoms with Crippen molar-refractivity contribution in [2.24, 2.45) is 5.92 Å². The summed E-state index contributed by atoms with van der Waals surface area (Å²) >= 11 is 0. The molecule has 1 aliphatic heterocycles. The average molecular weight is 299 g/mol. The smallest absolute Gasteiger partial charge is 0.217 e. The van der Waals surface area contributed by atoms with E-state index in [1.165, 1.54) is 5.56 Å². The molecule has 1 aliphatic rings. The van der Waals surface area contributed by atoms with Gasteiger partial charge in [-0.3, -0.25) is 10.4 Å². The van der Waals surface area contributed by atoms with Crippen LogP contribution in [0, 0.1) is 5.92 Å². The molecule has 116 valence electrons. The number of ether oxygens (including phenoxy) is 1. The molecule has 22 heavy (non-hydrogen) atoms. The van der Waals surface area contributed by atoms with Gasteiger partial charge in [0.05, 0.1) is 13.2 Å². The van der Waals surface area contributed by atoms with Crippen molar-refractivity contribution < 1.29 is 4.74 Å². The number of nitrogens with one attached hydrogen (secondary N) is 3. The second kappa shape index (κ2) is 7.31. The monoisotopic (exact) mass is 299 g/mol. The lowest BCUT2D eigenvalue weighted by molar-refractivity contribution is 0.387. The molecule has 0 spiro atoms. The fraction of sp³-hybridized carbons (Fsp3) is 0.375. The minimum atomic E-state index is 0.275. The van der Waals surface area contributed by atoms with Gasteiger partial charge in [-0.25, -0.2) is 10.4 Å². The van der Waals surface area contributed by atoms with Crippen molar-refractivity contribution in [3.63, 3.8) is 0 Å². The Balaban J connectivity index is 1.57. The molecule has 3 N–H and O–H groups in total. The Morgan fingerprint density at radius 3 is 3.05 bits per heavy atom. The number of pyridine rings is 2. The number of rotatable bonds is 6. The summed E-state index contributed by atoms with van der Waals surface area (Å²) in [6.07, 6.45) is 5.46. The van der Waals surface area contributed by atoms with Gasteiger partial charge in [-0.15, -0.1) is 0 Å². The standard InChI is InChI=1S/C16H21N5O/c1-22-16-13(5-3-7-19-16)9-18-10-14-11-20-21-15(14)12-4-2-6-17-8-12/h2-8,14-15,18,20-21H,9-11H2,1H3. The van der Waals surface area contributed by atoms with Gasteiger partial charge in [0.2, 0.25) is 5.88 Å². The van der Waals surface area contributed by atoms with E-state index in [4.69, 9.17) is 4.74 Å². The average Bonchev–Trinajstić information content (AvgIpc) is 3.04. The second-order valence-corrected chi connectivity index (χ2v) is 5.35.